The summed E-state index contributed by atoms with van der Waals surface area (Å²) in [6.07, 6.45) is 0. The van der Waals surface area contributed by atoms with Crippen molar-refractivity contribution in [1.82, 2.24) is 0 Å². The van der Waals surface area contributed by atoms with Gasteiger partial charge >= 0.3 is 0 Å². The average molecular weight is 244 g/mol. The second kappa shape index (κ2) is 3.60. The Bertz CT molecular complexity index is 889. The van der Waals surface area contributed by atoms with E-state index in [0.717, 1.165) is 5.46 Å². The van der Waals surface area contributed by atoms with Gasteiger partial charge in [-0.1, -0.05) is 54.0 Å². The molecule has 2 radical (unpaired) electrons. The van der Waals surface area contributed by atoms with Crippen molar-refractivity contribution in [2.45, 2.75) is 0 Å². The van der Waals surface area contributed by atoms with Crippen LogP contribution in [0.1, 0.15) is 0 Å². The molecule has 82 valence electrons. The molecular formula is C16H9BS. The summed E-state index contributed by atoms with van der Waals surface area (Å²) in [5.41, 5.74) is 0.880. The van der Waals surface area contributed by atoms with Crippen LogP contribution in [0.4, 0.5) is 0 Å². The predicted molar refractivity (Wildman–Crippen MR) is 82.2 cm³/mol. The molecular weight excluding hydrogens is 235 g/mol. The minimum atomic E-state index is 0.880. The molecule has 0 fully saturated rings. The molecule has 0 bridgehead atoms. The van der Waals surface area contributed by atoms with E-state index in [1.54, 1.807) is 11.3 Å². The number of benzene rings is 3. The number of hydrogen-bond acceptors (Lipinski definition) is 1. The van der Waals surface area contributed by atoms with Crippen LogP contribution >= 0.6 is 11.3 Å². The van der Waals surface area contributed by atoms with Crippen molar-refractivity contribution < 1.29 is 0 Å². The molecule has 0 aliphatic carbocycles. The van der Waals surface area contributed by atoms with Crippen LogP contribution in [0.2, 0.25) is 0 Å². The molecule has 0 unspecified atom stereocenters. The maximum Gasteiger partial charge on any atom is 0.115 e. The summed E-state index contributed by atoms with van der Waals surface area (Å²) in [7, 11) is 6.20. The van der Waals surface area contributed by atoms with Gasteiger partial charge in [-0.15, -0.1) is 11.3 Å². The third-order valence-corrected chi connectivity index (χ3v) is 4.62. The summed E-state index contributed by atoms with van der Waals surface area (Å²) in [5, 5.41) is 5.11. The molecule has 0 N–H and O–H groups in total. The molecule has 3 aromatic carbocycles. The molecule has 0 spiro atoms. The van der Waals surface area contributed by atoms with Gasteiger partial charge in [0.05, 0.1) is 0 Å². The molecule has 1 heterocycles. The first-order chi connectivity index (χ1) is 8.84. The van der Waals surface area contributed by atoms with Gasteiger partial charge in [-0.3, -0.25) is 0 Å². The molecule has 0 aliphatic rings. The number of rotatable bonds is 0. The smallest absolute Gasteiger partial charge is 0.115 e. The van der Waals surface area contributed by atoms with Crippen molar-refractivity contribution in [2.24, 2.45) is 0 Å². The Balaban J connectivity index is 2.41. The van der Waals surface area contributed by atoms with E-state index in [1.165, 1.54) is 30.9 Å². The Morgan fingerprint density at radius 1 is 0.833 bits per heavy atom. The zero-order chi connectivity index (χ0) is 12.1. The molecule has 0 aliphatic heterocycles. The highest BCUT2D eigenvalue weighted by molar-refractivity contribution is 7.27. The van der Waals surface area contributed by atoms with Gasteiger partial charge in [-0.05, 0) is 16.8 Å². The number of thiophene rings is 1. The second-order valence-corrected chi connectivity index (χ2v) is 5.54. The summed E-state index contributed by atoms with van der Waals surface area (Å²) in [5.74, 6) is 0. The molecule has 1 aromatic heterocycles. The first-order valence-corrected chi connectivity index (χ1v) is 6.75. The van der Waals surface area contributed by atoms with Gasteiger partial charge in [0.1, 0.15) is 7.85 Å². The molecule has 4 rings (SSSR count). The van der Waals surface area contributed by atoms with Gasteiger partial charge in [0, 0.05) is 20.2 Å². The van der Waals surface area contributed by atoms with Crippen LogP contribution in [-0.4, -0.2) is 7.85 Å². The molecule has 4 aromatic rings. The predicted octanol–water partition coefficient (Wildman–Crippen LogP) is 4.00. The summed E-state index contributed by atoms with van der Waals surface area (Å²) in [6.45, 7) is 0. The molecule has 0 saturated heterocycles. The van der Waals surface area contributed by atoms with Gasteiger partial charge in [0.25, 0.3) is 0 Å². The SMILES string of the molecule is [B]c1cc2ccccc2c2c1sc1ccccc12. The molecule has 2 heteroatoms. The Kier molecular flexibility index (Phi) is 2.03. The van der Waals surface area contributed by atoms with Crippen LogP contribution in [0, 0.1) is 0 Å². The van der Waals surface area contributed by atoms with E-state index >= 15 is 0 Å². The Morgan fingerprint density at radius 2 is 1.56 bits per heavy atom. The highest BCUT2D eigenvalue weighted by Crippen LogP contribution is 2.36. The standard InChI is InChI=1S/C16H9BS/c17-13-9-10-5-1-2-6-11(10)15-12-7-3-4-8-14(12)18-16(13)15/h1-9H. The highest BCUT2D eigenvalue weighted by atomic mass is 32.1. The van der Waals surface area contributed by atoms with Crippen LogP contribution in [0.5, 0.6) is 0 Å². The lowest BCUT2D eigenvalue weighted by Gasteiger charge is -2.03. The third kappa shape index (κ3) is 1.27. The minimum Gasteiger partial charge on any atom is -0.136 e. The summed E-state index contributed by atoms with van der Waals surface area (Å²) in [6, 6.07) is 19.0. The lowest BCUT2D eigenvalue weighted by molar-refractivity contribution is 1.82. The summed E-state index contributed by atoms with van der Waals surface area (Å²) in [4.78, 5) is 0. The van der Waals surface area contributed by atoms with Crippen molar-refractivity contribution in [2.75, 3.05) is 0 Å². The molecule has 0 nitrogen and oxygen atoms in total. The van der Waals surface area contributed by atoms with Crippen LogP contribution in [0.15, 0.2) is 54.6 Å². The maximum atomic E-state index is 6.20. The Morgan fingerprint density at radius 3 is 2.44 bits per heavy atom. The number of fused-ring (bicyclic) bond motifs is 5. The van der Waals surface area contributed by atoms with Gasteiger partial charge in [0.15, 0.2) is 0 Å². The van der Waals surface area contributed by atoms with Crippen LogP contribution < -0.4 is 5.46 Å². The summed E-state index contributed by atoms with van der Waals surface area (Å²) < 4.78 is 2.51. The van der Waals surface area contributed by atoms with E-state index < -0.39 is 0 Å². The average Bonchev–Trinajstić information content (AvgIpc) is 2.79. The first-order valence-electron chi connectivity index (χ1n) is 5.93. The fourth-order valence-electron chi connectivity index (χ4n) is 2.60. The van der Waals surface area contributed by atoms with E-state index in [2.05, 4.69) is 54.6 Å². The lowest BCUT2D eigenvalue weighted by Crippen LogP contribution is -2.01. The van der Waals surface area contributed by atoms with Gasteiger partial charge in [-0.2, -0.15) is 0 Å². The van der Waals surface area contributed by atoms with Crippen LogP contribution in [0.25, 0.3) is 30.9 Å². The monoisotopic (exact) mass is 244 g/mol. The first kappa shape index (κ1) is 10.2. The van der Waals surface area contributed by atoms with Gasteiger partial charge in [-0.25, -0.2) is 0 Å². The normalized spacial score (nSPS) is 11.6. The van der Waals surface area contributed by atoms with Crippen molar-refractivity contribution in [3.05, 3.63) is 54.6 Å². The quantitative estimate of drug-likeness (QED) is 0.410. The Hall–Kier alpha value is -1.80. The fourth-order valence-corrected chi connectivity index (χ4v) is 3.75. The fraction of sp³-hybridized carbons (Fsp3) is 0. The van der Waals surface area contributed by atoms with Gasteiger partial charge < -0.3 is 0 Å². The molecule has 0 saturated carbocycles. The lowest BCUT2D eigenvalue weighted by atomic mass is 9.90. The highest BCUT2D eigenvalue weighted by Gasteiger charge is 2.09. The Labute approximate surface area is 110 Å². The third-order valence-electron chi connectivity index (χ3n) is 3.40. The van der Waals surface area contributed by atoms with Crippen molar-refractivity contribution >= 4 is 55.6 Å². The summed E-state index contributed by atoms with van der Waals surface area (Å²) >= 11 is 1.78. The molecule has 0 atom stereocenters. The topological polar surface area (TPSA) is 0 Å². The van der Waals surface area contributed by atoms with Crippen LogP contribution in [-0.2, 0) is 0 Å². The molecule has 0 amide bonds. The second-order valence-electron chi connectivity index (χ2n) is 4.49. The van der Waals surface area contributed by atoms with E-state index in [4.69, 9.17) is 7.85 Å². The van der Waals surface area contributed by atoms with E-state index in [0.29, 0.717) is 0 Å². The van der Waals surface area contributed by atoms with Gasteiger partial charge in [0.2, 0.25) is 0 Å². The zero-order valence-electron chi connectivity index (χ0n) is 9.68. The largest absolute Gasteiger partial charge is 0.136 e. The van der Waals surface area contributed by atoms with E-state index in [1.807, 2.05) is 0 Å². The van der Waals surface area contributed by atoms with Crippen LogP contribution in [0.3, 0.4) is 0 Å². The van der Waals surface area contributed by atoms with Crippen molar-refractivity contribution in [3.8, 4) is 0 Å². The van der Waals surface area contributed by atoms with Crippen molar-refractivity contribution in [1.29, 1.82) is 0 Å². The van der Waals surface area contributed by atoms with E-state index in [9.17, 15) is 0 Å². The number of hydrogen-bond donors (Lipinski definition) is 0. The minimum absolute atomic E-state index is 0.880. The zero-order valence-corrected chi connectivity index (χ0v) is 10.5. The molecule has 18 heavy (non-hydrogen) atoms. The van der Waals surface area contributed by atoms with E-state index in [-0.39, 0.29) is 0 Å². The maximum absolute atomic E-state index is 6.20. The van der Waals surface area contributed by atoms with Crippen molar-refractivity contribution in [3.63, 3.8) is 0 Å².